The standard InChI is InChI=1S/C19H19Cl2N3O4/c1-12(9-18(25)22-17-10-13(20)3-8-16(17)21)23-24-19(26)11-28-15-6-4-14(27-2)5-7-15/h3-8,10H,9,11H2,1-2H3,(H,22,25)(H,24,26)/b23-12+. The lowest BCUT2D eigenvalue weighted by atomic mass is 10.2. The number of hydrazone groups is 1. The first-order chi connectivity index (χ1) is 13.4. The first-order valence-electron chi connectivity index (χ1n) is 8.21. The maximum Gasteiger partial charge on any atom is 0.277 e. The van der Waals surface area contributed by atoms with E-state index in [1.54, 1.807) is 56.5 Å². The number of rotatable bonds is 8. The van der Waals surface area contributed by atoms with Crippen molar-refractivity contribution < 1.29 is 19.1 Å². The number of hydrogen-bond acceptors (Lipinski definition) is 5. The normalized spacial score (nSPS) is 10.9. The van der Waals surface area contributed by atoms with Crippen LogP contribution in [0.2, 0.25) is 10.0 Å². The average Bonchev–Trinajstić information content (AvgIpc) is 2.68. The molecular formula is C19H19Cl2N3O4. The molecule has 0 aromatic heterocycles. The van der Waals surface area contributed by atoms with Gasteiger partial charge in [-0.3, -0.25) is 9.59 Å². The molecular weight excluding hydrogens is 405 g/mol. The zero-order valence-corrected chi connectivity index (χ0v) is 16.8. The topological polar surface area (TPSA) is 89.0 Å². The lowest BCUT2D eigenvalue weighted by Crippen LogP contribution is -2.26. The van der Waals surface area contributed by atoms with Gasteiger partial charge in [0.05, 0.1) is 24.2 Å². The summed E-state index contributed by atoms with van der Waals surface area (Å²) in [6, 6.07) is 11.6. The monoisotopic (exact) mass is 423 g/mol. The largest absolute Gasteiger partial charge is 0.497 e. The molecule has 0 atom stereocenters. The number of anilines is 1. The highest BCUT2D eigenvalue weighted by Crippen LogP contribution is 2.25. The molecule has 9 heteroatoms. The Bertz CT molecular complexity index is 870. The summed E-state index contributed by atoms with van der Waals surface area (Å²) in [5, 5.41) is 7.35. The highest BCUT2D eigenvalue weighted by molar-refractivity contribution is 6.35. The van der Waals surface area contributed by atoms with Crippen molar-refractivity contribution in [3.63, 3.8) is 0 Å². The molecule has 2 amide bonds. The molecule has 0 saturated heterocycles. The lowest BCUT2D eigenvalue weighted by molar-refractivity contribution is -0.123. The molecule has 2 aromatic rings. The minimum Gasteiger partial charge on any atom is -0.497 e. The molecule has 2 rings (SSSR count). The van der Waals surface area contributed by atoms with Crippen molar-refractivity contribution >= 4 is 46.4 Å². The van der Waals surface area contributed by atoms with Crippen LogP contribution in [-0.4, -0.2) is 31.2 Å². The summed E-state index contributed by atoms with van der Waals surface area (Å²) in [6.07, 6.45) is -0.0253. The fraction of sp³-hybridized carbons (Fsp3) is 0.211. The molecule has 0 radical (unpaired) electrons. The van der Waals surface area contributed by atoms with E-state index in [2.05, 4.69) is 15.8 Å². The third-order valence-electron chi connectivity index (χ3n) is 3.42. The van der Waals surface area contributed by atoms with Gasteiger partial charge in [-0.25, -0.2) is 5.43 Å². The van der Waals surface area contributed by atoms with E-state index in [1.165, 1.54) is 0 Å². The van der Waals surface area contributed by atoms with Crippen molar-refractivity contribution in [2.75, 3.05) is 19.0 Å². The third kappa shape index (κ3) is 7.09. The zero-order valence-electron chi connectivity index (χ0n) is 15.3. The Morgan fingerprint density at radius 3 is 2.39 bits per heavy atom. The molecule has 0 aliphatic rings. The number of ether oxygens (including phenoxy) is 2. The van der Waals surface area contributed by atoms with E-state index in [-0.39, 0.29) is 18.9 Å². The molecule has 0 saturated carbocycles. The molecule has 0 heterocycles. The minimum atomic E-state index is -0.450. The van der Waals surface area contributed by atoms with E-state index in [1.807, 2.05) is 0 Å². The number of nitrogens with one attached hydrogen (secondary N) is 2. The van der Waals surface area contributed by atoms with Gasteiger partial charge in [-0.15, -0.1) is 0 Å². The minimum absolute atomic E-state index is 0.0253. The van der Waals surface area contributed by atoms with Gasteiger partial charge in [-0.05, 0) is 49.4 Å². The van der Waals surface area contributed by atoms with Crippen LogP contribution in [0.3, 0.4) is 0 Å². The van der Waals surface area contributed by atoms with E-state index < -0.39 is 5.91 Å². The average molecular weight is 424 g/mol. The number of nitrogens with zero attached hydrogens (tertiary/aromatic N) is 1. The van der Waals surface area contributed by atoms with Gasteiger partial charge in [-0.1, -0.05) is 23.2 Å². The van der Waals surface area contributed by atoms with Gasteiger partial charge in [0, 0.05) is 10.7 Å². The second-order valence-electron chi connectivity index (χ2n) is 5.70. The summed E-state index contributed by atoms with van der Waals surface area (Å²) in [7, 11) is 1.56. The zero-order chi connectivity index (χ0) is 20.5. The smallest absolute Gasteiger partial charge is 0.277 e. The van der Waals surface area contributed by atoms with Crippen LogP contribution in [0.5, 0.6) is 11.5 Å². The fourth-order valence-electron chi connectivity index (χ4n) is 2.07. The van der Waals surface area contributed by atoms with Gasteiger partial charge in [0.2, 0.25) is 5.91 Å². The second kappa shape index (κ2) is 10.5. The van der Waals surface area contributed by atoms with Gasteiger partial charge in [0.15, 0.2) is 6.61 Å². The van der Waals surface area contributed by atoms with Crippen LogP contribution in [-0.2, 0) is 9.59 Å². The Morgan fingerprint density at radius 1 is 1.04 bits per heavy atom. The van der Waals surface area contributed by atoms with E-state index in [0.717, 1.165) is 0 Å². The van der Waals surface area contributed by atoms with E-state index in [9.17, 15) is 9.59 Å². The Kier molecular flexibility index (Phi) is 8.10. The molecule has 0 aliphatic carbocycles. The second-order valence-corrected chi connectivity index (χ2v) is 6.54. The number of halogens is 2. The number of hydrogen-bond donors (Lipinski definition) is 2. The maximum atomic E-state index is 12.1. The van der Waals surface area contributed by atoms with Crippen molar-refractivity contribution in [1.82, 2.24) is 5.43 Å². The van der Waals surface area contributed by atoms with E-state index in [4.69, 9.17) is 32.7 Å². The number of methoxy groups -OCH3 is 1. The maximum absolute atomic E-state index is 12.1. The number of carbonyl (C=O) groups is 2. The number of benzene rings is 2. The first-order valence-corrected chi connectivity index (χ1v) is 8.96. The van der Waals surface area contributed by atoms with Gasteiger partial charge >= 0.3 is 0 Å². The summed E-state index contributed by atoms with van der Waals surface area (Å²) in [6.45, 7) is 1.40. The molecule has 0 fully saturated rings. The number of amides is 2. The number of carbonyl (C=O) groups excluding carboxylic acids is 2. The summed E-state index contributed by atoms with van der Waals surface area (Å²) < 4.78 is 10.4. The summed E-state index contributed by atoms with van der Waals surface area (Å²) >= 11 is 11.9. The SMILES string of the molecule is COc1ccc(OCC(=O)N/N=C(\C)CC(=O)Nc2cc(Cl)ccc2Cl)cc1. The van der Waals surface area contributed by atoms with Crippen LogP contribution < -0.4 is 20.2 Å². The van der Waals surface area contributed by atoms with Crippen LogP contribution in [0.25, 0.3) is 0 Å². The van der Waals surface area contributed by atoms with Gasteiger partial charge < -0.3 is 14.8 Å². The van der Waals surface area contributed by atoms with Crippen LogP contribution in [0.15, 0.2) is 47.6 Å². The predicted octanol–water partition coefficient (Wildman–Crippen LogP) is 3.90. The quantitative estimate of drug-likeness (QED) is 0.497. The van der Waals surface area contributed by atoms with E-state index in [0.29, 0.717) is 32.9 Å². The molecule has 2 N–H and O–H groups in total. The molecule has 0 bridgehead atoms. The first kappa shape index (κ1) is 21.5. The van der Waals surface area contributed by atoms with E-state index >= 15 is 0 Å². The van der Waals surface area contributed by atoms with Gasteiger partial charge in [0.25, 0.3) is 5.91 Å². The Labute approximate surface area is 172 Å². The summed E-state index contributed by atoms with van der Waals surface area (Å²) in [5.41, 5.74) is 3.15. The van der Waals surface area contributed by atoms with Gasteiger partial charge in [0.1, 0.15) is 11.5 Å². The fourth-order valence-corrected chi connectivity index (χ4v) is 2.41. The lowest BCUT2D eigenvalue weighted by Gasteiger charge is -2.08. The Morgan fingerprint density at radius 2 is 1.71 bits per heavy atom. The molecule has 0 unspecified atom stereocenters. The highest BCUT2D eigenvalue weighted by atomic mass is 35.5. The van der Waals surface area contributed by atoms with Gasteiger partial charge in [-0.2, -0.15) is 5.10 Å². The molecule has 148 valence electrons. The van der Waals surface area contributed by atoms with Crippen LogP contribution in [0.4, 0.5) is 5.69 Å². The molecule has 2 aromatic carbocycles. The Balaban J connectivity index is 1.78. The van der Waals surface area contributed by atoms with Crippen molar-refractivity contribution in [1.29, 1.82) is 0 Å². The molecule has 0 aliphatic heterocycles. The van der Waals surface area contributed by atoms with Crippen LogP contribution >= 0.6 is 23.2 Å². The molecule has 0 spiro atoms. The van der Waals surface area contributed by atoms with Crippen molar-refractivity contribution in [3.8, 4) is 11.5 Å². The van der Waals surface area contributed by atoms with Crippen LogP contribution in [0.1, 0.15) is 13.3 Å². The Hall–Kier alpha value is -2.77. The summed E-state index contributed by atoms with van der Waals surface area (Å²) in [5.74, 6) is 0.423. The highest BCUT2D eigenvalue weighted by Gasteiger charge is 2.09. The molecule has 7 nitrogen and oxygen atoms in total. The van der Waals surface area contributed by atoms with Crippen molar-refractivity contribution in [2.24, 2.45) is 5.10 Å². The summed E-state index contributed by atoms with van der Waals surface area (Å²) in [4.78, 5) is 23.9. The molecule has 28 heavy (non-hydrogen) atoms. The van der Waals surface area contributed by atoms with Crippen LogP contribution in [0, 0.1) is 0 Å². The predicted molar refractivity (Wildman–Crippen MR) is 109 cm³/mol. The third-order valence-corrected chi connectivity index (χ3v) is 3.98. The van der Waals surface area contributed by atoms with Crippen molar-refractivity contribution in [3.05, 3.63) is 52.5 Å². The van der Waals surface area contributed by atoms with Crippen molar-refractivity contribution in [2.45, 2.75) is 13.3 Å².